The fraction of sp³-hybridized carbons (Fsp3) is 0.778. The van der Waals surface area contributed by atoms with E-state index in [-0.39, 0.29) is 51.4 Å². The van der Waals surface area contributed by atoms with Crippen molar-refractivity contribution in [1.82, 2.24) is 0 Å². The molecule has 0 aromatic carbocycles. The average molecular weight is 386 g/mol. The van der Waals surface area contributed by atoms with Crippen LogP contribution in [0.15, 0.2) is 0 Å². The number of ether oxygens (including phenoxy) is 1. The van der Waals surface area contributed by atoms with Crippen LogP contribution in [0.1, 0.15) is 70.6 Å². The van der Waals surface area contributed by atoms with Crippen LogP contribution < -0.4 is 0 Å². The molecule has 9 nitrogen and oxygen atoms in total. The first-order valence-corrected chi connectivity index (χ1v) is 9.15. The number of aliphatic hydroxyl groups is 1. The smallest absolute Gasteiger partial charge is 0.308 e. The summed E-state index contributed by atoms with van der Waals surface area (Å²) < 4.78 is 5.43. The van der Waals surface area contributed by atoms with E-state index in [1.807, 2.05) is 0 Å². The molecule has 0 radical (unpaired) electrons. The molecule has 2 fully saturated rings. The molecule has 9 heteroatoms. The molecule has 0 bridgehead atoms. The van der Waals surface area contributed by atoms with E-state index in [1.165, 1.54) is 0 Å². The minimum absolute atomic E-state index is 0.0376. The van der Waals surface area contributed by atoms with Crippen molar-refractivity contribution in [1.29, 1.82) is 0 Å². The summed E-state index contributed by atoms with van der Waals surface area (Å²) in [5.74, 6) is -5.96. The maximum atomic E-state index is 12.0. The van der Waals surface area contributed by atoms with Crippen LogP contribution in [-0.4, -0.2) is 50.1 Å². The largest absolute Gasteiger partial charge is 0.481 e. The van der Waals surface area contributed by atoms with Crippen LogP contribution in [0, 0.1) is 10.8 Å². The molecule has 4 N–H and O–H groups in total. The van der Waals surface area contributed by atoms with Crippen LogP contribution in [0.4, 0.5) is 0 Å². The zero-order chi connectivity index (χ0) is 20.3. The molecule has 0 amide bonds. The highest BCUT2D eigenvalue weighted by Gasteiger charge is 2.67. The zero-order valence-electron chi connectivity index (χ0n) is 15.1. The highest BCUT2D eigenvalue weighted by Crippen LogP contribution is 2.63. The van der Waals surface area contributed by atoms with Gasteiger partial charge in [0.2, 0.25) is 5.79 Å². The van der Waals surface area contributed by atoms with Gasteiger partial charge in [0.1, 0.15) is 0 Å². The van der Waals surface area contributed by atoms with Crippen molar-refractivity contribution in [2.75, 3.05) is 0 Å². The lowest BCUT2D eigenvalue weighted by molar-refractivity contribution is -0.352. The third-order valence-corrected chi connectivity index (χ3v) is 6.27. The van der Waals surface area contributed by atoms with Gasteiger partial charge in [0.05, 0.1) is 0 Å². The van der Waals surface area contributed by atoms with Gasteiger partial charge in [0, 0.05) is 36.5 Å². The molecule has 152 valence electrons. The van der Waals surface area contributed by atoms with Gasteiger partial charge < -0.3 is 25.2 Å². The number of carbonyl (C=O) groups excluding carboxylic acids is 1. The Kier molecular flexibility index (Phi) is 6.14. The van der Waals surface area contributed by atoms with Crippen LogP contribution in [0.3, 0.4) is 0 Å². The Labute approximate surface area is 156 Å². The molecule has 2 aliphatic rings. The molecule has 1 saturated carbocycles. The fourth-order valence-corrected chi connectivity index (χ4v) is 4.91. The number of carboxylic acid groups (broad SMARTS) is 3. The maximum Gasteiger partial charge on any atom is 0.308 e. The van der Waals surface area contributed by atoms with E-state index in [1.54, 1.807) is 0 Å². The van der Waals surface area contributed by atoms with E-state index >= 15 is 0 Å². The number of hydrogen-bond acceptors (Lipinski definition) is 6. The number of carbonyl (C=O) groups is 4. The average Bonchev–Trinajstić information content (AvgIpc) is 2.57. The van der Waals surface area contributed by atoms with Crippen molar-refractivity contribution in [2.24, 2.45) is 10.8 Å². The second-order valence-electron chi connectivity index (χ2n) is 7.71. The Morgan fingerprint density at radius 3 is 1.89 bits per heavy atom. The predicted molar refractivity (Wildman–Crippen MR) is 89.6 cm³/mol. The minimum atomic E-state index is -2.08. The van der Waals surface area contributed by atoms with E-state index in [4.69, 9.17) is 20.1 Å². The molecule has 0 unspecified atom stereocenters. The Hall–Kier alpha value is -2.16. The van der Waals surface area contributed by atoms with Gasteiger partial charge in [-0.25, -0.2) is 0 Å². The predicted octanol–water partition coefficient (Wildman–Crippen LogP) is 1.76. The number of carboxylic acids is 3. The Bertz CT molecular complexity index is 610. The number of rotatable bonds is 9. The summed E-state index contributed by atoms with van der Waals surface area (Å²) >= 11 is 0. The fourth-order valence-electron chi connectivity index (χ4n) is 4.91. The number of hydrogen-bond donors (Lipinski definition) is 4. The lowest BCUT2D eigenvalue weighted by Gasteiger charge is -2.61. The minimum Gasteiger partial charge on any atom is -0.481 e. The number of fused-ring (bicyclic) bond motifs is 1. The molecule has 1 saturated heterocycles. The topological polar surface area (TPSA) is 158 Å². The summed E-state index contributed by atoms with van der Waals surface area (Å²) in [7, 11) is 0. The van der Waals surface area contributed by atoms with Crippen molar-refractivity contribution >= 4 is 23.9 Å². The Balaban J connectivity index is 2.48. The molecule has 2 atom stereocenters. The van der Waals surface area contributed by atoms with Gasteiger partial charge in [-0.1, -0.05) is 6.42 Å². The van der Waals surface area contributed by atoms with Gasteiger partial charge in [-0.3, -0.25) is 19.2 Å². The highest BCUT2D eigenvalue weighted by atomic mass is 16.7. The van der Waals surface area contributed by atoms with Crippen LogP contribution in [-0.2, 0) is 23.9 Å². The molecular formula is C18H26O9. The van der Waals surface area contributed by atoms with Crippen LogP contribution >= 0.6 is 0 Å². The standard InChI is InChI=1S/C18H26O9/c19-12(20)2-8-16(9-3-13(21)22)6-1-7-17(10-4-14(23)24)11-5-15(25)27-18(16,17)26/h26H,1-11H2,(H,19,20)(H,21,22)(H,23,24)/t17-,18-/m0/s1. The molecule has 1 aliphatic heterocycles. The molecule has 0 aromatic rings. The van der Waals surface area contributed by atoms with Crippen molar-refractivity contribution in [3.63, 3.8) is 0 Å². The molecule has 27 heavy (non-hydrogen) atoms. The molecular weight excluding hydrogens is 360 g/mol. The van der Waals surface area contributed by atoms with E-state index in [9.17, 15) is 24.3 Å². The maximum absolute atomic E-state index is 12.0. The first-order chi connectivity index (χ1) is 12.6. The second-order valence-corrected chi connectivity index (χ2v) is 7.71. The summed E-state index contributed by atoms with van der Waals surface area (Å²) in [4.78, 5) is 45.5. The quantitative estimate of drug-likeness (QED) is 0.433. The van der Waals surface area contributed by atoms with E-state index in [0.29, 0.717) is 19.3 Å². The summed E-state index contributed by atoms with van der Waals surface area (Å²) in [6.45, 7) is 0. The van der Waals surface area contributed by atoms with Gasteiger partial charge in [-0.15, -0.1) is 0 Å². The zero-order valence-corrected chi connectivity index (χ0v) is 15.1. The van der Waals surface area contributed by atoms with Crippen molar-refractivity contribution in [2.45, 2.75) is 76.4 Å². The van der Waals surface area contributed by atoms with Crippen molar-refractivity contribution in [3.05, 3.63) is 0 Å². The SMILES string of the molecule is O=C(O)CCC1(CCC(=O)O)CCC[C@]2(CCC(=O)O)CCC(=O)O[C@@]12O. The third kappa shape index (κ3) is 4.07. The van der Waals surface area contributed by atoms with Gasteiger partial charge in [0.25, 0.3) is 0 Å². The second kappa shape index (κ2) is 7.84. The van der Waals surface area contributed by atoms with E-state index in [2.05, 4.69) is 0 Å². The summed E-state index contributed by atoms with van der Waals surface area (Å²) in [6, 6.07) is 0. The third-order valence-electron chi connectivity index (χ3n) is 6.27. The monoisotopic (exact) mass is 386 g/mol. The lowest BCUT2D eigenvalue weighted by atomic mass is 9.51. The summed E-state index contributed by atoms with van der Waals surface area (Å²) in [5.41, 5.74) is -2.26. The highest BCUT2D eigenvalue weighted by molar-refractivity contribution is 5.72. The first kappa shape index (κ1) is 21.1. The first-order valence-electron chi connectivity index (χ1n) is 9.15. The van der Waals surface area contributed by atoms with Gasteiger partial charge in [-0.05, 0) is 38.5 Å². The molecule has 2 rings (SSSR count). The number of aliphatic carboxylic acids is 3. The Morgan fingerprint density at radius 1 is 0.852 bits per heavy atom. The van der Waals surface area contributed by atoms with E-state index < -0.39 is 40.5 Å². The van der Waals surface area contributed by atoms with E-state index in [0.717, 1.165) is 0 Å². The van der Waals surface area contributed by atoms with Gasteiger partial charge in [0.15, 0.2) is 0 Å². The lowest BCUT2D eigenvalue weighted by Crippen LogP contribution is -2.66. The molecule has 0 spiro atoms. The van der Waals surface area contributed by atoms with Crippen molar-refractivity contribution in [3.8, 4) is 0 Å². The number of esters is 1. The van der Waals surface area contributed by atoms with Crippen LogP contribution in [0.5, 0.6) is 0 Å². The molecule has 1 aliphatic carbocycles. The van der Waals surface area contributed by atoms with Crippen LogP contribution in [0.25, 0.3) is 0 Å². The molecule has 1 heterocycles. The Morgan fingerprint density at radius 2 is 1.37 bits per heavy atom. The normalized spacial score (nSPS) is 29.4. The van der Waals surface area contributed by atoms with Gasteiger partial charge in [-0.2, -0.15) is 0 Å². The van der Waals surface area contributed by atoms with Crippen LogP contribution in [0.2, 0.25) is 0 Å². The summed E-state index contributed by atoms with van der Waals surface area (Å²) in [5, 5.41) is 39.0. The van der Waals surface area contributed by atoms with Gasteiger partial charge >= 0.3 is 23.9 Å². The molecule has 0 aromatic heterocycles. The summed E-state index contributed by atoms with van der Waals surface area (Å²) in [6.07, 6.45) is 0.720. The van der Waals surface area contributed by atoms with Crippen molar-refractivity contribution < 1.29 is 44.3 Å².